The van der Waals surface area contributed by atoms with E-state index in [1.54, 1.807) is 26.0 Å². The molecule has 0 bridgehead atoms. The lowest BCUT2D eigenvalue weighted by Gasteiger charge is -2.56. The quantitative estimate of drug-likeness (QED) is 0.367. The first-order chi connectivity index (χ1) is 19.9. The van der Waals surface area contributed by atoms with Crippen molar-refractivity contribution in [3.05, 3.63) is 58.7 Å². The number of hydrogen-bond acceptors (Lipinski definition) is 9. The zero-order chi connectivity index (χ0) is 31.7. The van der Waals surface area contributed by atoms with E-state index in [1.807, 2.05) is 32.9 Å². The minimum atomic E-state index is -1.66. The molecule has 8 atom stereocenters. The van der Waals surface area contributed by atoms with Crippen molar-refractivity contribution in [2.45, 2.75) is 104 Å². The largest absolute Gasteiger partial charge is 0.462 e. The molecule has 0 aromatic rings. The van der Waals surface area contributed by atoms with Crippen LogP contribution in [0, 0.1) is 22.7 Å². The molecule has 0 aromatic heterocycles. The summed E-state index contributed by atoms with van der Waals surface area (Å²) in [7, 11) is 0. The maximum atomic E-state index is 12.6. The fraction of sp³-hybridized carbons (Fsp3) is 0.588. The first-order valence-electron chi connectivity index (χ1n) is 14.9. The summed E-state index contributed by atoms with van der Waals surface area (Å²) < 4.78 is 23.6. The summed E-state index contributed by atoms with van der Waals surface area (Å²) in [6.45, 7) is 13.8. The molecule has 0 saturated heterocycles. The van der Waals surface area contributed by atoms with Gasteiger partial charge in [0.05, 0.1) is 0 Å². The van der Waals surface area contributed by atoms with Crippen LogP contribution in [-0.2, 0) is 38.1 Å². The average molecular weight is 595 g/mol. The second-order valence-electron chi connectivity index (χ2n) is 13.8. The second-order valence-corrected chi connectivity index (χ2v) is 13.8. The number of cyclic esters (lactones) is 2. The van der Waals surface area contributed by atoms with Gasteiger partial charge >= 0.3 is 23.9 Å². The van der Waals surface area contributed by atoms with Gasteiger partial charge < -0.3 is 24.1 Å². The average Bonchev–Trinajstić information content (AvgIpc) is 2.97. The fourth-order valence-corrected chi connectivity index (χ4v) is 8.50. The van der Waals surface area contributed by atoms with Crippen LogP contribution in [0.3, 0.4) is 0 Å². The molecular weight excluding hydrogens is 552 g/mol. The minimum absolute atomic E-state index is 0.246. The summed E-state index contributed by atoms with van der Waals surface area (Å²) in [5, 5.41) is 12.4. The van der Waals surface area contributed by atoms with Crippen molar-refractivity contribution in [1.29, 1.82) is 0 Å². The Balaban J connectivity index is 1.71. The highest BCUT2D eigenvalue weighted by atomic mass is 16.6. The number of carbonyl (C=O) groups excluding carboxylic acids is 4. The standard InChI is InChI=1S/C34H42O9/c1-18-9-13-26(42-30(18)38)34(8,39)29-25(40-19(2)35)17-32(6)24-12-11-23-21(10-14-28(37)43-31(23,4)5)15-22(24)16-27(33(29,32)7)41-20(3)36/h9-12,14-15,23,25-27,29,39H,13,16-17H2,1-8H3. The Bertz CT molecular complexity index is 1420. The van der Waals surface area contributed by atoms with Crippen LogP contribution in [0.25, 0.3) is 0 Å². The van der Waals surface area contributed by atoms with Gasteiger partial charge in [0, 0.05) is 61.0 Å². The molecule has 2 heterocycles. The monoisotopic (exact) mass is 594 g/mol. The summed E-state index contributed by atoms with van der Waals surface area (Å²) in [5.41, 5.74) is -0.949. The molecule has 9 heteroatoms. The molecule has 3 aliphatic carbocycles. The topological polar surface area (TPSA) is 125 Å². The Morgan fingerprint density at radius 2 is 1.72 bits per heavy atom. The summed E-state index contributed by atoms with van der Waals surface area (Å²) in [4.78, 5) is 50.0. The number of allylic oxidation sites excluding steroid dienone is 4. The number of aliphatic hydroxyl groups is 1. The van der Waals surface area contributed by atoms with E-state index < -0.39 is 70.1 Å². The molecule has 0 radical (unpaired) electrons. The van der Waals surface area contributed by atoms with Gasteiger partial charge in [-0.3, -0.25) is 9.59 Å². The predicted octanol–water partition coefficient (Wildman–Crippen LogP) is 4.60. The predicted molar refractivity (Wildman–Crippen MR) is 156 cm³/mol. The molecule has 1 saturated carbocycles. The van der Waals surface area contributed by atoms with Crippen LogP contribution in [0.15, 0.2) is 58.7 Å². The zero-order valence-electron chi connectivity index (χ0n) is 26.2. The van der Waals surface area contributed by atoms with Crippen molar-refractivity contribution in [2.75, 3.05) is 0 Å². The van der Waals surface area contributed by atoms with E-state index in [0.29, 0.717) is 24.8 Å². The van der Waals surface area contributed by atoms with Crippen LogP contribution in [-0.4, -0.2) is 58.5 Å². The first-order valence-corrected chi connectivity index (χ1v) is 14.9. The van der Waals surface area contributed by atoms with Crippen molar-refractivity contribution in [2.24, 2.45) is 22.7 Å². The Hall–Kier alpha value is -3.46. The van der Waals surface area contributed by atoms with Crippen molar-refractivity contribution >= 4 is 23.9 Å². The molecule has 9 nitrogen and oxygen atoms in total. The van der Waals surface area contributed by atoms with Gasteiger partial charge in [0.1, 0.15) is 29.5 Å². The Labute approximate surface area is 252 Å². The van der Waals surface area contributed by atoms with Crippen LogP contribution in [0.2, 0.25) is 0 Å². The van der Waals surface area contributed by atoms with Crippen LogP contribution >= 0.6 is 0 Å². The lowest BCUT2D eigenvalue weighted by Crippen LogP contribution is -2.62. The Morgan fingerprint density at radius 1 is 1.05 bits per heavy atom. The molecule has 232 valence electrons. The normalized spacial score (nSPS) is 37.7. The second kappa shape index (κ2) is 10.3. The zero-order valence-corrected chi connectivity index (χ0v) is 26.2. The van der Waals surface area contributed by atoms with Crippen molar-refractivity contribution in [1.82, 2.24) is 0 Å². The highest BCUT2D eigenvalue weighted by Gasteiger charge is 2.72. The van der Waals surface area contributed by atoms with Crippen molar-refractivity contribution in [3.8, 4) is 0 Å². The Kier molecular flexibility index (Phi) is 7.44. The third-order valence-corrected chi connectivity index (χ3v) is 10.6. The van der Waals surface area contributed by atoms with Gasteiger partial charge in [-0.1, -0.05) is 44.2 Å². The SMILES string of the molecule is CC(=O)OC1CC2(C)C3=C(C=C4C=CC(=O)OC(C)(C)C4C=C3)CC(OC(C)=O)C2(C)C1C(C)(O)C1CC=C(C)C(=O)O1. The summed E-state index contributed by atoms with van der Waals surface area (Å²) in [6, 6.07) is 0. The molecular formula is C34H42O9. The van der Waals surface area contributed by atoms with Crippen LogP contribution in [0.1, 0.15) is 74.7 Å². The lowest BCUT2D eigenvalue weighted by molar-refractivity contribution is -0.209. The molecule has 1 N–H and O–H groups in total. The van der Waals surface area contributed by atoms with Crippen molar-refractivity contribution in [3.63, 3.8) is 0 Å². The molecule has 0 aromatic carbocycles. The number of esters is 4. The Morgan fingerprint density at radius 3 is 2.35 bits per heavy atom. The van der Waals surface area contributed by atoms with E-state index in [-0.39, 0.29) is 5.92 Å². The molecule has 0 amide bonds. The molecule has 5 rings (SSSR count). The smallest absolute Gasteiger partial charge is 0.333 e. The summed E-state index contributed by atoms with van der Waals surface area (Å²) >= 11 is 0. The molecule has 8 unspecified atom stereocenters. The lowest BCUT2D eigenvalue weighted by atomic mass is 9.51. The van der Waals surface area contributed by atoms with E-state index in [9.17, 15) is 24.3 Å². The number of fused-ring (bicyclic) bond motifs is 3. The number of hydrogen-bond donors (Lipinski definition) is 1. The van der Waals surface area contributed by atoms with E-state index in [4.69, 9.17) is 18.9 Å². The fourth-order valence-electron chi connectivity index (χ4n) is 8.50. The summed E-state index contributed by atoms with van der Waals surface area (Å²) in [5.74, 6) is -2.92. The third-order valence-electron chi connectivity index (χ3n) is 10.6. The molecule has 5 aliphatic rings. The van der Waals surface area contributed by atoms with Gasteiger partial charge in [0.15, 0.2) is 0 Å². The molecule has 43 heavy (non-hydrogen) atoms. The van der Waals surface area contributed by atoms with E-state index >= 15 is 0 Å². The van der Waals surface area contributed by atoms with E-state index in [1.165, 1.54) is 19.9 Å². The number of rotatable bonds is 4. The third kappa shape index (κ3) is 4.89. The molecule has 2 aliphatic heterocycles. The summed E-state index contributed by atoms with van der Waals surface area (Å²) in [6.07, 6.45) is 9.64. The van der Waals surface area contributed by atoms with Gasteiger partial charge in [-0.05, 0) is 50.8 Å². The van der Waals surface area contributed by atoms with Crippen LogP contribution in [0.5, 0.6) is 0 Å². The van der Waals surface area contributed by atoms with Gasteiger partial charge in [-0.2, -0.15) is 0 Å². The van der Waals surface area contributed by atoms with Gasteiger partial charge in [0.25, 0.3) is 0 Å². The number of ether oxygens (including phenoxy) is 4. The first kappa shape index (κ1) is 31.0. The maximum Gasteiger partial charge on any atom is 0.333 e. The maximum absolute atomic E-state index is 12.6. The van der Waals surface area contributed by atoms with Gasteiger partial charge in [0.2, 0.25) is 0 Å². The minimum Gasteiger partial charge on any atom is -0.462 e. The van der Waals surface area contributed by atoms with Crippen LogP contribution in [0.4, 0.5) is 0 Å². The van der Waals surface area contributed by atoms with E-state index in [2.05, 4.69) is 13.0 Å². The molecule has 1 fully saturated rings. The van der Waals surface area contributed by atoms with Gasteiger partial charge in [-0.25, -0.2) is 9.59 Å². The number of carbonyl (C=O) groups is 4. The highest BCUT2D eigenvalue weighted by Crippen LogP contribution is 2.69. The van der Waals surface area contributed by atoms with Crippen molar-refractivity contribution < 1.29 is 43.2 Å². The van der Waals surface area contributed by atoms with Gasteiger partial charge in [-0.15, -0.1) is 0 Å². The van der Waals surface area contributed by atoms with E-state index in [0.717, 1.165) is 16.7 Å². The van der Waals surface area contributed by atoms with Crippen LogP contribution < -0.4 is 0 Å². The molecule has 0 spiro atoms. The highest BCUT2D eigenvalue weighted by molar-refractivity contribution is 5.88.